The van der Waals surface area contributed by atoms with E-state index in [0.29, 0.717) is 47.6 Å². The number of benzene rings is 2. The van der Waals surface area contributed by atoms with Crippen LogP contribution >= 0.6 is 23.5 Å². The zero-order valence-electron chi connectivity index (χ0n) is 44.0. The number of rotatable bonds is 34. The lowest BCUT2D eigenvalue weighted by molar-refractivity contribution is -0.141. The van der Waals surface area contributed by atoms with Crippen molar-refractivity contribution in [1.29, 1.82) is 0 Å². The molecule has 9 amide bonds. The SMILES string of the molecule is CSCC[C@H](NC(=O)[C@H](CCCCN)NC(=O)[C@@H]1CCCN1C(=O)[C@@H](N)CO)C(=O)N[C@H](C(=O)N[C@@H](CCC(N)=O)C(=O)NCC(=O)N[C@@H](CO)C(=O)N[C@@H](Cc1ccccc1)C(=O)Sc1ccc(CC(=O)O)cc1)C(C)C. The Kier molecular flexibility index (Phi) is 28.8. The molecule has 1 saturated heterocycles. The molecule has 27 heteroatoms. The molecule has 16 N–H and O–H groups in total. The molecule has 0 unspecified atom stereocenters. The summed E-state index contributed by atoms with van der Waals surface area (Å²) < 4.78 is 0. The molecule has 0 saturated carbocycles. The Morgan fingerprint density at radius 3 is 1.92 bits per heavy atom. The van der Waals surface area contributed by atoms with Crippen LogP contribution in [0.4, 0.5) is 0 Å². The normalized spacial score (nSPS) is 15.7. The lowest BCUT2D eigenvalue weighted by Gasteiger charge is -2.29. The van der Waals surface area contributed by atoms with Gasteiger partial charge in [-0.3, -0.25) is 52.7 Å². The van der Waals surface area contributed by atoms with Gasteiger partial charge in [0, 0.05) is 24.3 Å². The van der Waals surface area contributed by atoms with Crippen LogP contribution in [0, 0.1) is 5.92 Å². The molecule has 3 rings (SSSR count). The number of aliphatic carboxylic acids is 1. The minimum Gasteiger partial charge on any atom is -0.481 e. The second kappa shape index (κ2) is 34.3. The van der Waals surface area contributed by atoms with Crippen LogP contribution in [0.3, 0.4) is 0 Å². The predicted molar refractivity (Wildman–Crippen MR) is 289 cm³/mol. The molecule has 1 aliphatic rings. The summed E-state index contributed by atoms with van der Waals surface area (Å²) in [6.07, 6.45) is 2.76. The highest BCUT2D eigenvalue weighted by atomic mass is 32.2. The van der Waals surface area contributed by atoms with Crippen LogP contribution in [0.25, 0.3) is 0 Å². The monoisotopic (exact) mass is 1130 g/mol. The van der Waals surface area contributed by atoms with Gasteiger partial charge in [0.25, 0.3) is 0 Å². The van der Waals surface area contributed by atoms with Crippen molar-refractivity contribution >= 4 is 87.8 Å². The molecule has 0 aliphatic carbocycles. The highest BCUT2D eigenvalue weighted by Crippen LogP contribution is 2.23. The zero-order chi connectivity index (χ0) is 57.9. The van der Waals surface area contributed by atoms with Crippen molar-refractivity contribution in [3.63, 3.8) is 0 Å². The van der Waals surface area contributed by atoms with Crippen molar-refractivity contribution in [2.75, 3.05) is 44.9 Å². The Morgan fingerprint density at radius 2 is 1.32 bits per heavy atom. The number of amides is 9. The van der Waals surface area contributed by atoms with Crippen LogP contribution in [0.15, 0.2) is 59.5 Å². The summed E-state index contributed by atoms with van der Waals surface area (Å²) in [5, 5.41) is 46.0. The first-order valence-corrected chi connectivity index (χ1v) is 27.7. The van der Waals surface area contributed by atoms with E-state index in [1.165, 1.54) is 16.7 Å². The molecular formula is C51H75N11O14S2. The van der Waals surface area contributed by atoms with Gasteiger partial charge in [0.05, 0.1) is 26.2 Å². The van der Waals surface area contributed by atoms with Crippen LogP contribution in [-0.4, -0.2) is 178 Å². The van der Waals surface area contributed by atoms with Gasteiger partial charge in [-0.1, -0.05) is 56.3 Å². The first-order valence-electron chi connectivity index (χ1n) is 25.5. The Labute approximate surface area is 461 Å². The summed E-state index contributed by atoms with van der Waals surface area (Å²) in [6, 6.07) is 4.77. The second-order valence-corrected chi connectivity index (χ2v) is 20.9. The fourth-order valence-electron chi connectivity index (χ4n) is 8.09. The number of hydrogen-bond acceptors (Lipinski definition) is 17. The van der Waals surface area contributed by atoms with E-state index < -0.39 is 145 Å². The number of carbonyl (C=O) groups is 11. The van der Waals surface area contributed by atoms with Crippen molar-refractivity contribution < 1.29 is 68.1 Å². The third-order valence-corrected chi connectivity index (χ3v) is 14.0. The largest absolute Gasteiger partial charge is 0.481 e. The number of carbonyl (C=O) groups excluding carboxylic acids is 10. The summed E-state index contributed by atoms with van der Waals surface area (Å²) in [6.45, 7) is 1.39. The second-order valence-electron chi connectivity index (χ2n) is 18.9. The molecule has 2 aromatic carbocycles. The number of carboxylic acid groups (broad SMARTS) is 1. The summed E-state index contributed by atoms with van der Waals surface area (Å²) in [4.78, 5) is 147. The van der Waals surface area contributed by atoms with Gasteiger partial charge in [0.2, 0.25) is 58.3 Å². The van der Waals surface area contributed by atoms with E-state index in [1.54, 1.807) is 74.7 Å². The maximum atomic E-state index is 14.0. The average Bonchev–Trinajstić information content (AvgIpc) is 3.93. The van der Waals surface area contributed by atoms with Crippen molar-refractivity contribution in [3.05, 3.63) is 65.7 Å². The molecule has 1 aliphatic heterocycles. The molecular weight excluding hydrogens is 1050 g/mol. The fourth-order valence-corrected chi connectivity index (χ4v) is 9.35. The van der Waals surface area contributed by atoms with Crippen molar-refractivity contribution in [2.24, 2.45) is 23.1 Å². The third-order valence-electron chi connectivity index (χ3n) is 12.4. The molecule has 78 heavy (non-hydrogen) atoms. The van der Waals surface area contributed by atoms with E-state index >= 15 is 0 Å². The number of aliphatic hydroxyl groups is 2. The number of thioether (sulfide) groups is 2. The molecule has 1 heterocycles. The third kappa shape index (κ3) is 22.4. The quantitative estimate of drug-likeness (QED) is 0.0251. The lowest BCUT2D eigenvalue weighted by Crippen LogP contribution is -2.60. The molecule has 0 aromatic heterocycles. The van der Waals surface area contributed by atoms with Gasteiger partial charge >= 0.3 is 5.97 Å². The lowest BCUT2D eigenvalue weighted by atomic mass is 10.0. The Bertz CT molecular complexity index is 2370. The summed E-state index contributed by atoms with van der Waals surface area (Å²) in [5.74, 6) is -8.59. The first kappa shape index (κ1) is 65.6. The topological polar surface area (TPSA) is 414 Å². The highest BCUT2D eigenvalue weighted by molar-refractivity contribution is 8.13. The number of hydrogen-bond donors (Lipinski definition) is 13. The maximum Gasteiger partial charge on any atom is 0.307 e. The molecule has 430 valence electrons. The van der Waals surface area contributed by atoms with E-state index in [9.17, 15) is 63.0 Å². The van der Waals surface area contributed by atoms with Crippen molar-refractivity contribution in [3.8, 4) is 0 Å². The van der Waals surface area contributed by atoms with Crippen molar-refractivity contribution in [1.82, 2.24) is 42.1 Å². The number of carboxylic acids is 1. The summed E-state index contributed by atoms with van der Waals surface area (Å²) in [7, 11) is 0. The van der Waals surface area contributed by atoms with Crippen LogP contribution in [0.1, 0.15) is 76.3 Å². The molecule has 2 aromatic rings. The smallest absolute Gasteiger partial charge is 0.307 e. The molecule has 0 radical (unpaired) electrons. The number of likely N-dealkylation sites (tertiary alicyclic amines) is 1. The summed E-state index contributed by atoms with van der Waals surface area (Å²) >= 11 is 2.17. The van der Waals surface area contributed by atoms with Gasteiger partial charge in [-0.05, 0) is 104 Å². The zero-order valence-corrected chi connectivity index (χ0v) is 45.7. The van der Waals surface area contributed by atoms with E-state index in [0.717, 1.165) is 11.8 Å². The minimum absolute atomic E-state index is 0.0276. The fraction of sp³-hybridized carbons (Fsp3) is 0.549. The van der Waals surface area contributed by atoms with E-state index in [4.69, 9.17) is 22.3 Å². The van der Waals surface area contributed by atoms with E-state index in [-0.39, 0.29) is 45.1 Å². The van der Waals surface area contributed by atoms with Gasteiger partial charge in [-0.2, -0.15) is 11.8 Å². The number of unbranched alkanes of at least 4 members (excludes halogenated alkanes) is 1. The molecule has 0 bridgehead atoms. The van der Waals surface area contributed by atoms with E-state index in [2.05, 4.69) is 37.2 Å². The van der Waals surface area contributed by atoms with Crippen LogP contribution in [0.5, 0.6) is 0 Å². The highest BCUT2D eigenvalue weighted by Gasteiger charge is 2.39. The van der Waals surface area contributed by atoms with Crippen LogP contribution in [-0.2, 0) is 65.6 Å². The molecule has 0 spiro atoms. The number of nitrogens with zero attached hydrogens (tertiary/aromatic N) is 1. The Morgan fingerprint density at radius 1 is 0.705 bits per heavy atom. The number of primary amides is 1. The average molecular weight is 1130 g/mol. The Balaban J connectivity index is 1.71. The maximum absolute atomic E-state index is 14.0. The standard InChI is InChI=1S/C51H75N11O14S2/c1-29(2)43(61-46(71)36(20-23-77-3)57-45(70)34(12-7-8-21-52)58-48(73)39-13-9-22-62(39)50(75)33(53)27-63)49(74)59-35(18-19-40(54)65)44(69)55-26-41(66)56-38(28-64)47(72)60-37(24-30-10-5-4-6-11-30)51(76)78-32-16-14-31(15-17-32)25-42(67)68/h4-6,10-11,14-17,29,33-39,43,63-64H,7-9,12-13,18-28,52-53H2,1-3H3,(H2,54,65)(H,55,69)(H,56,66)(H,57,70)(H,58,73)(H,59,74)(H,60,72)(H,61,71)(H,67,68)/t33-,34-,35-,36-,37-,38-,39-,43-/m0/s1. The van der Waals surface area contributed by atoms with E-state index in [1.807, 2.05) is 0 Å². The van der Waals surface area contributed by atoms with Crippen molar-refractivity contribution in [2.45, 2.75) is 131 Å². The van der Waals surface area contributed by atoms with Gasteiger partial charge in [0.1, 0.15) is 48.3 Å². The molecule has 25 nitrogen and oxygen atoms in total. The van der Waals surface area contributed by atoms with Gasteiger partial charge in [0.15, 0.2) is 0 Å². The molecule has 1 fully saturated rings. The summed E-state index contributed by atoms with van der Waals surface area (Å²) in [5.41, 5.74) is 18.0. The number of nitrogens with one attached hydrogen (secondary N) is 7. The Hall–Kier alpha value is -6.65. The van der Waals surface area contributed by atoms with Gasteiger partial charge < -0.3 is 74.6 Å². The number of aliphatic hydroxyl groups excluding tert-OH is 2. The first-order chi connectivity index (χ1) is 37.1. The predicted octanol–water partition coefficient (Wildman–Crippen LogP) is -2.69. The van der Waals surface area contributed by atoms with Crippen LogP contribution < -0.4 is 54.4 Å². The van der Waals surface area contributed by atoms with Gasteiger partial charge in [-0.15, -0.1) is 0 Å². The van der Waals surface area contributed by atoms with Crippen LogP contribution in [0.2, 0.25) is 0 Å². The minimum atomic E-state index is -1.61. The molecule has 8 atom stereocenters. The number of nitrogens with two attached hydrogens (primary N) is 3. The van der Waals surface area contributed by atoms with Gasteiger partial charge in [-0.25, -0.2) is 0 Å².